The number of aromatic nitrogens is 4. The molecule has 0 fully saturated rings. The van der Waals surface area contributed by atoms with Gasteiger partial charge in [-0.1, -0.05) is 18.2 Å². The Morgan fingerprint density at radius 2 is 2.19 bits per heavy atom. The quantitative estimate of drug-likeness (QED) is 0.699. The van der Waals surface area contributed by atoms with E-state index in [0.29, 0.717) is 17.3 Å². The lowest BCUT2D eigenvalue weighted by Gasteiger charge is -2.19. The molecule has 0 radical (unpaired) electrons. The molecule has 106 valence electrons. The van der Waals surface area contributed by atoms with E-state index in [1.807, 2.05) is 12.1 Å². The van der Waals surface area contributed by atoms with E-state index in [-0.39, 0.29) is 5.56 Å². The third-order valence-corrected chi connectivity index (χ3v) is 3.85. The Balaban J connectivity index is 1.95. The van der Waals surface area contributed by atoms with Crippen LogP contribution in [0.2, 0.25) is 0 Å². The van der Waals surface area contributed by atoms with Crippen LogP contribution < -0.4 is 10.9 Å². The van der Waals surface area contributed by atoms with E-state index in [9.17, 15) is 4.79 Å². The molecule has 3 aromatic rings. The van der Waals surface area contributed by atoms with Crippen molar-refractivity contribution in [2.24, 2.45) is 0 Å². The van der Waals surface area contributed by atoms with Gasteiger partial charge in [0.05, 0.1) is 0 Å². The lowest BCUT2D eigenvalue weighted by atomic mass is 9.95. The maximum Gasteiger partial charge on any atom is 0.274 e. The molecule has 0 aliphatic carbocycles. The molecule has 2 aromatic heterocycles. The van der Waals surface area contributed by atoms with Gasteiger partial charge in [0.25, 0.3) is 11.3 Å². The van der Waals surface area contributed by atoms with Crippen LogP contribution in [0.25, 0.3) is 17.2 Å². The van der Waals surface area contributed by atoms with Gasteiger partial charge in [-0.05, 0) is 31.0 Å². The fourth-order valence-corrected chi connectivity index (χ4v) is 2.87. The zero-order valence-corrected chi connectivity index (χ0v) is 11.7. The van der Waals surface area contributed by atoms with E-state index in [0.717, 1.165) is 25.1 Å². The van der Waals surface area contributed by atoms with Crippen LogP contribution in [0.3, 0.4) is 0 Å². The summed E-state index contributed by atoms with van der Waals surface area (Å²) in [5, 5.41) is 6.43. The number of nitrogens with zero attached hydrogens (tertiary/aromatic N) is 3. The number of H-pyrrole nitrogens is 1. The fraction of sp³-hybridized carbons (Fsp3) is 0.267. The van der Waals surface area contributed by atoms with Crippen molar-refractivity contribution in [3.8, 4) is 11.4 Å². The second kappa shape index (κ2) is 4.53. The molecule has 0 saturated heterocycles. The summed E-state index contributed by atoms with van der Waals surface area (Å²) in [7, 11) is 0. The van der Waals surface area contributed by atoms with Crippen LogP contribution in [0.1, 0.15) is 16.8 Å². The van der Waals surface area contributed by atoms with Gasteiger partial charge >= 0.3 is 0 Å². The molecule has 0 atom stereocenters. The fourth-order valence-electron chi connectivity index (χ4n) is 2.87. The minimum absolute atomic E-state index is 0.136. The Hall–Kier alpha value is -2.47. The smallest absolute Gasteiger partial charge is 0.274 e. The summed E-state index contributed by atoms with van der Waals surface area (Å²) in [4.78, 5) is 20.8. The van der Waals surface area contributed by atoms with Crippen molar-refractivity contribution in [1.29, 1.82) is 0 Å². The Morgan fingerprint density at radius 1 is 1.29 bits per heavy atom. The van der Waals surface area contributed by atoms with E-state index >= 15 is 0 Å². The highest BCUT2D eigenvalue weighted by atomic mass is 16.1. The normalized spacial score (nSPS) is 14.3. The summed E-state index contributed by atoms with van der Waals surface area (Å²) in [6, 6.07) is 7.69. The van der Waals surface area contributed by atoms with Crippen molar-refractivity contribution in [3.63, 3.8) is 0 Å². The number of fused-ring (bicyclic) bond motifs is 2. The van der Waals surface area contributed by atoms with Crippen LogP contribution in [0, 0.1) is 6.92 Å². The highest BCUT2D eigenvalue weighted by Gasteiger charge is 2.16. The molecule has 1 aliphatic rings. The van der Waals surface area contributed by atoms with Gasteiger partial charge in [-0.25, -0.2) is 4.98 Å². The highest BCUT2D eigenvalue weighted by Crippen LogP contribution is 2.26. The second-order valence-electron chi connectivity index (χ2n) is 5.31. The molecule has 1 aliphatic heterocycles. The first-order valence-corrected chi connectivity index (χ1v) is 7.00. The van der Waals surface area contributed by atoms with Gasteiger partial charge in [0.15, 0.2) is 5.82 Å². The van der Waals surface area contributed by atoms with Gasteiger partial charge in [0.1, 0.15) is 0 Å². The number of aromatic amines is 1. The number of hydrogen-bond acceptors (Lipinski definition) is 4. The van der Waals surface area contributed by atoms with Gasteiger partial charge in [0.2, 0.25) is 0 Å². The third kappa shape index (κ3) is 1.95. The zero-order valence-electron chi connectivity index (χ0n) is 11.7. The van der Waals surface area contributed by atoms with Crippen LogP contribution in [-0.4, -0.2) is 26.1 Å². The molecule has 0 bridgehead atoms. The lowest BCUT2D eigenvalue weighted by Crippen LogP contribution is -2.24. The molecule has 0 saturated carbocycles. The van der Waals surface area contributed by atoms with Gasteiger partial charge < -0.3 is 5.32 Å². The molecule has 0 amide bonds. The molecule has 21 heavy (non-hydrogen) atoms. The summed E-state index contributed by atoms with van der Waals surface area (Å²) < 4.78 is 1.39. The first kappa shape index (κ1) is 12.3. The molecule has 2 N–H and O–H groups in total. The minimum atomic E-state index is -0.136. The molecule has 4 rings (SSSR count). The monoisotopic (exact) mass is 281 g/mol. The topological polar surface area (TPSA) is 75.1 Å². The largest absolute Gasteiger partial charge is 0.312 e. The van der Waals surface area contributed by atoms with Crippen molar-refractivity contribution in [2.45, 2.75) is 19.9 Å². The van der Waals surface area contributed by atoms with Crippen molar-refractivity contribution in [2.75, 3.05) is 6.54 Å². The Labute approximate surface area is 120 Å². The van der Waals surface area contributed by atoms with Crippen molar-refractivity contribution < 1.29 is 0 Å². The van der Waals surface area contributed by atoms with Crippen LogP contribution in [0.4, 0.5) is 0 Å². The third-order valence-electron chi connectivity index (χ3n) is 3.85. The number of nitrogens with one attached hydrogen (secondary N) is 2. The summed E-state index contributed by atoms with van der Waals surface area (Å²) in [5.74, 6) is 1.12. The van der Waals surface area contributed by atoms with E-state index in [2.05, 4.69) is 26.4 Å². The maximum absolute atomic E-state index is 12.0. The summed E-state index contributed by atoms with van der Waals surface area (Å²) >= 11 is 0. The van der Waals surface area contributed by atoms with Crippen LogP contribution in [0.15, 0.2) is 29.1 Å². The average molecular weight is 281 g/mol. The van der Waals surface area contributed by atoms with Gasteiger partial charge in [-0.2, -0.15) is 9.50 Å². The second-order valence-corrected chi connectivity index (χ2v) is 5.31. The minimum Gasteiger partial charge on any atom is -0.312 e. The highest BCUT2D eigenvalue weighted by molar-refractivity contribution is 5.64. The number of hydrogen-bond donors (Lipinski definition) is 2. The first-order chi connectivity index (χ1) is 10.2. The van der Waals surface area contributed by atoms with E-state index < -0.39 is 0 Å². The average Bonchev–Trinajstić information content (AvgIpc) is 2.90. The molecule has 0 spiro atoms. The Bertz CT molecular complexity index is 893. The van der Waals surface area contributed by atoms with E-state index in [4.69, 9.17) is 0 Å². The van der Waals surface area contributed by atoms with Gasteiger partial charge in [-0.3, -0.25) is 9.89 Å². The van der Waals surface area contributed by atoms with Gasteiger partial charge in [-0.15, -0.1) is 0 Å². The number of benzene rings is 1. The first-order valence-electron chi connectivity index (χ1n) is 7.00. The Morgan fingerprint density at radius 3 is 3.10 bits per heavy atom. The van der Waals surface area contributed by atoms with Crippen molar-refractivity contribution in [1.82, 2.24) is 24.9 Å². The molecule has 0 unspecified atom stereocenters. The molecule has 1 aromatic carbocycles. The SMILES string of the molecule is Cc1cc(=O)n2[nH]c(-c3cccc4c3CCNC4)nc2n1. The number of aryl methyl sites for hydroxylation is 1. The molecule has 6 heteroatoms. The molecular formula is C15H15N5O. The predicted octanol–water partition coefficient (Wildman–Crippen LogP) is 1.04. The Kier molecular flexibility index (Phi) is 2.65. The van der Waals surface area contributed by atoms with Gasteiger partial charge in [0, 0.05) is 23.9 Å². The maximum atomic E-state index is 12.0. The van der Waals surface area contributed by atoms with E-state index in [1.165, 1.54) is 21.7 Å². The summed E-state index contributed by atoms with van der Waals surface area (Å²) in [5.41, 5.74) is 4.17. The summed E-state index contributed by atoms with van der Waals surface area (Å²) in [6.45, 7) is 3.63. The standard InChI is InChI=1S/C15H15N5O/c1-9-7-13(21)20-15(17-9)18-14(19-20)12-4-2-3-10-8-16-6-5-11(10)12/h2-4,7,16H,5-6,8H2,1H3,(H,17,18,19). The lowest BCUT2D eigenvalue weighted by molar-refractivity contribution is 0.644. The predicted molar refractivity (Wildman–Crippen MR) is 79.2 cm³/mol. The van der Waals surface area contributed by atoms with E-state index in [1.54, 1.807) is 6.92 Å². The summed E-state index contributed by atoms with van der Waals surface area (Å²) in [6.07, 6.45) is 0.962. The molecule has 3 heterocycles. The zero-order chi connectivity index (χ0) is 14.4. The van der Waals surface area contributed by atoms with Crippen molar-refractivity contribution in [3.05, 3.63) is 51.4 Å². The van der Waals surface area contributed by atoms with Crippen LogP contribution in [-0.2, 0) is 13.0 Å². The van der Waals surface area contributed by atoms with Crippen molar-refractivity contribution >= 4 is 5.78 Å². The van der Waals surface area contributed by atoms with Crippen LogP contribution >= 0.6 is 0 Å². The number of rotatable bonds is 1. The molecular weight excluding hydrogens is 266 g/mol. The van der Waals surface area contributed by atoms with Crippen LogP contribution in [0.5, 0.6) is 0 Å². The molecule has 6 nitrogen and oxygen atoms in total.